The molecule has 0 saturated carbocycles. The van der Waals surface area contributed by atoms with Crippen LogP contribution in [0.2, 0.25) is 0 Å². The highest BCUT2D eigenvalue weighted by Crippen LogP contribution is 2.22. The van der Waals surface area contributed by atoms with E-state index in [-0.39, 0.29) is 4.75 Å². The fourth-order valence-electron chi connectivity index (χ4n) is 1.39. The zero-order valence-corrected chi connectivity index (χ0v) is 12.6. The quantitative estimate of drug-likeness (QED) is 0.547. The van der Waals surface area contributed by atoms with Crippen LogP contribution in [-0.4, -0.2) is 26.7 Å². The first-order chi connectivity index (χ1) is 7.16. The maximum Gasteiger partial charge on any atom is 0.137 e. The van der Waals surface area contributed by atoms with Crippen molar-refractivity contribution in [3.05, 3.63) is 11.6 Å². The number of allylic oxidation sites excluding steroid dienone is 2. The normalized spacial score (nSPS) is 16.1. The molecule has 0 N–H and O–H groups in total. The summed E-state index contributed by atoms with van der Waals surface area (Å²) in [5.41, 5.74) is 1.35. The minimum absolute atomic E-state index is 0.167. The molecular formula is C13H27NOS. The average molecular weight is 245 g/mol. The van der Waals surface area contributed by atoms with Crippen LogP contribution in [-0.2, 0) is 11.4 Å². The van der Waals surface area contributed by atoms with E-state index in [0.29, 0.717) is 6.04 Å². The van der Waals surface area contributed by atoms with E-state index in [9.17, 15) is 4.55 Å². The molecule has 0 aliphatic carbocycles. The second-order valence-electron chi connectivity index (χ2n) is 5.62. The van der Waals surface area contributed by atoms with Crippen molar-refractivity contribution < 1.29 is 4.55 Å². The Morgan fingerprint density at radius 2 is 1.88 bits per heavy atom. The van der Waals surface area contributed by atoms with Gasteiger partial charge in [0.2, 0.25) is 0 Å². The minimum atomic E-state index is -0.914. The van der Waals surface area contributed by atoms with Crippen LogP contribution in [0.3, 0.4) is 0 Å². The number of rotatable bonds is 5. The molecule has 0 saturated heterocycles. The molecule has 0 aromatic carbocycles. The van der Waals surface area contributed by atoms with Crippen LogP contribution in [0, 0.1) is 0 Å². The van der Waals surface area contributed by atoms with Gasteiger partial charge in [0, 0.05) is 18.4 Å². The number of nitrogens with zero attached hydrogens (tertiary/aromatic N) is 1. The highest BCUT2D eigenvalue weighted by Gasteiger charge is 2.32. The van der Waals surface area contributed by atoms with E-state index >= 15 is 0 Å². The topological polar surface area (TPSA) is 26.3 Å². The molecule has 2 atom stereocenters. The van der Waals surface area contributed by atoms with Gasteiger partial charge in [0.25, 0.3) is 0 Å². The van der Waals surface area contributed by atoms with Gasteiger partial charge in [-0.2, -0.15) is 0 Å². The summed E-state index contributed by atoms with van der Waals surface area (Å²) in [4.78, 5) is 0. The molecule has 0 fully saturated rings. The molecule has 16 heavy (non-hydrogen) atoms. The van der Waals surface area contributed by atoms with E-state index in [0.717, 1.165) is 12.8 Å². The van der Waals surface area contributed by atoms with Gasteiger partial charge < -0.3 is 4.55 Å². The molecule has 3 heteroatoms. The lowest BCUT2D eigenvalue weighted by Crippen LogP contribution is -2.44. The summed E-state index contributed by atoms with van der Waals surface area (Å²) in [7, 11) is 1.95. The molecular weight excluding hydrogens is 218 g/mol. The van der Waals surface area contributed by atoms with Gasteiger partial charge >= 0.3 is 0 Å². The third-order valence-electron chi connectivity index (χ3n) is 2.54. The van der Waals surface area contributed by atoms with Gasteiger partial charge in [0.1, 0.15) is 4.75 Å². The second kappa shape index (κ2) is 6.67. The van der Waals surface area contributed by atoms with Gasteiger partial charge in [-0.3, -0.25) is 0 Å². The van der Waals surface area contributed by atoms with E-state index in [1.54, 1.807) is 0 Å². The third kappa shape index (κ3) is 5.92. The molecule has 96 valence electrons. The predicted molar refractivity (Wildman–Crippen MR) is 73.8 cm³/mol. The van der Waals surface area contributed by atoms with E-state index in [2.05, 4.69) is 26.8 Å². The van der Waals surface area contributed by atoms with E-state index < -0.39 is 11.4 Å². The van der Waals surface area contributed by atoms with E-state index in [1.807, 2.05) is 32.1 Å². The third-order valence-corrected chi connectivity index (χ3v) is 4.47. The van der Waals surface area contributed by atoms with Gasteiger partial charge in [-0.1, -0.05) is 11.6 Å². The molecule has 0 rings (SSSR count). The first kappa shape index (κ1) is 16.0. The van der Waals surface area contributed by atoms with Gasteiger partial charge in [0.15, 0.2) is 0 Å². The Morgan fingerprint density at radius 1 is 1.38 bits per heavy atom. The van der Waals surface area contributed by atoms with Crippen molar-refractivity contribution in [2.75, 3.05) is 7.05 Å². The van der Waals surface area contributed by atoms with Gasteiger partial charge in [0.05, 0.1) is 6.04 Å². The lowest BCUT2D eigenvalue weighted by Gasteiger charge is -2.33. The SMILES string of the molecule is CC(C)=CCCC(C)N(C)[S+]([O-])C(C)(C)C. The zero-order chi connectivity index (χ0) is 12.9. The molecule has 0 radical (unpaired) electrons. The summed E-state index contributed by atoms with van der Waals surface area (Å²) in [5.74, 6) is 0. The van der Waals surface area contributed by atoms with Crippen molar-refractivity contribution in [2.24, 2.45) is 0 Å². The summed E-state index contributed by atoms with van der Waals surface area (Å²) in [6.07, 6.45) is 4.36. The molecule has 0 aliphatic rings. The summed E-state index contributed by atoms with van der Waals surface area (Å²) < 4.78 is 13.9. The van der Waals surface area contributed by atoms with Crippen LogP contribution in [0.15, 0.2) is 11.6 Å². The summed E-state index contributed by atoms with van der Waals surface area (Å²) in [6.45, 7) is 12.4. The smallest absolute Gasteiger partial charge is 0.137 e. The Morgan fingerprint density at radius 3 is 2.25 bits per heavy atom. The molecule has 0 amide bonds. The van der Waals surface area contributed by atoms with Crippen LogP contribution in [0.5, 0.6) is 0 Å². The second-order valence-corrected chi connectivity index (χ2v) is 7.91. The lowest BCUT2D eigenvalue weighted by molar-refractivity contribution is 0.360. The molecule has 0 heterocycles. The Balaban J connectivity index is 4.18. The Labute approximate surface area is 104 Å². The first-order valence-corrected chi connectivity index (χ1v) is 7.05. The van der Waals surface area contributed by atoms with Crippen LogP contribution >= 0.6 is 0 Å². The number of hydrogen-bond acceptors (Lipinski definition) is 2. The Bertz CT molecular complexity index is 229. The van der Waals surface area contributed by atoms with Crippen molar-refractivity contribution in [1.82, 2.24) is 4.31 Å². The van der Waals surface area contributed by atoms with Crippen LogP contribution in [0.1, 0.15) is 54.4 Å². The highest BCUT2D eigenvalue weighted by molar-refractivity contribution is 7.90. The van der Waals surface area contributed by atoms with Gasteiger partial charge in [-0.15, -0.1) is 4.31 Å². The van der Waals surface area contributed by atoms with Crippen LogP contribution < -0.4 is 0 Å². The van der Waals surface area contributed by atoms with E-state index in [4.69, 9.17) is 0 Å². The standard InChI is InChI=1S/C13H27NOS/c1-11(2)9-8-10-12(3)14(7)16(15)13(4,5)6/h9,12H,8,10H2,1-7H3. The van der Waals surface area contributed by atoms with Crippen LogP contribution in [0.4, 0.5) is 0 Å². The minimum Gasteiger partial charge on any atom is -0.598 e. The molecule has 0 aliphatic heterocycles. The Hall–Kier alpha value is 0.01000. The maximum atomic E-state index is 12.1. The maximum absolute atomic E-state index is 12.1. The van der Waals surface area contributed by atoms with Crippen molar-refractivity contribution in [1.29, 1.82) is 0 Å². The van der Waals surface area contributed by atoms with Crippen molar-refractivity contribution in [3.63, 3.8) is 0 Å². The summed E-state index contributed by atoms with van der Waals surface area (Å²) in [6, 6.07) is 0.357. The first-order valence-electron chi connectivity index (χ1n) is 5.94. The molecule has 2 unspecified atom stereocenters. The highest BCUT2D eigenvalue weighted by atomic mass is 32.2. The molecule has 0 bridgehead atoms. The number of hydrogen-bond donors (Lipinski definition) is 0. The summed E-state index contributed by atoms with van der Waals surface area (Å²) in [5, 5.41) is 0. The summed E-state index contributed by atoms with van der Waals surface area (Å²) >= 11 is -0.914. The monoisotopic (exact) mass is 245 g/mol. The predicted octanol–water partition coefficient (Wildman–Crippen LogP) is 3.52. The lowest BCUT2D eigenvalue weighted by atomic mass is 10.1. The average Bonchev–Trinajstić information content (AvgIpc) is 2.13. The Kier molecular flexibility index (Phi) is 6.68. The van der Waals surface area contributed by atoms with Crippen molar-refractivity contribution in [3.8, 4) is 0 Å². The zero-order valence-electron chi connectivity index (χ0n) is 11.8. The fourth-order valence-corrected chi connectivity index (χ4v) is 2.69. The van der Waals surface area contributed by atoms with Crippen molar-refractivity contribution >= 4 is 11.4 Å². The molecule has 0 spiro atoms. The fraction of sp³-hybridized carbons (Fsp3) is 0.846. The van der Waals surface area contributed by atoms with Crippen LogP contribution in [0.25, 0.3) is 0 Å². The molecule has 2 nitrogen and oxygen atoms in total. The van der Waals surface area contributed by atoms with Gasteiger partial charge in [-0.25, -0.2) is 0 Å². The van der Waals surface area contributed by atoms with Crippen molar-refractivity contribution in [2.45, 2.75) is 65.2 Å². The van der Waals surface area contributed by atoms with Gasteiger partial charge in [-0.05, 0) is 54.4 Å². The molecule has 0 aromatic heterocycles. The van der Waals surface area contributed by atoms with E-state index in [1.165, 1.54) is 5.57 Å². The largest absolute Gasteiger partial charge is 0.598 e. The molecule has 0 aromatic rings.